The lowest BCUT2D eigenvalue weighted by atomic mass is 10.0. The number of hydrogen-bond donors (Lipinski definition) is 2. The molecular formula is C11H22O4. The number of rotatable bonds is 6. The Hall–Kier alpha value is -0.160. The Morgan fingerprint density at radius 1 is 0.933 bits per heavy atom. The van der Waals surface area contributed by atoms with Crippen LogP contribution in [0.1, 0.15) is 39.5 Å². The smallest absolute Gasteiger partial charge is 0.163 e. The second-order valence-corrected chi connectivity index (χ2v) is 4.44. The highest BCUT2D eigenvalue weighted by Gasteiger charge is 2.40. The predicted molar refractivity (Wildman–Crippen MR) is 56.5 cm³/mol. The van der Waals surface area contributed by atoms with Gasteiger partial charge in [0, 0.05) is 13.2 Å². The van der Waals surface area contributed by atoms with Gasteiger partial charge in [0.2, 0.25) is 0 Å². The van der Waals surface area contributed by atoms with Gasteiger partial charge < -0.3 is 19.7 Å². The molecule has 0 aromatic carbocycles. The van der Waals surface area contributed by atoms with Crippen molar-refractivity contribution in [1.29, 1.82) is 0 Å². The van der Waals surface area contributed by atoms with Crippen LogP contribution in [0, 0.1) is 0 Å². The second kappa shape index (κ2) is 5.80. The molecule has 0 spiro atoms. The molecular weight excluding hydrogens is 196 g/mol. The first-order chi connectivity index (χ1) is 7.09. The Kier molecular flexibility index (Phi) is 4.99. The summed E-state index contributed by atoms with van der Waals surface area (Å²) in [5.41, 5.74) is 0. The van der Waals surface area contributed by atoms with Gasteiger partial charge in [-0.1, -0.05) is 0 Å². The van der Waals surface area contributed by atoms with E-state index in [4.69, 9.17) is 19.7 Å². The molecule has 1 heterocycles. The largest absolute Gasteiger partial charge is 0.396 e. The number of aliphatic hydroxyl groups excluding tert-OH is 2. The van der Waals surface area contributed by atoms with Crippen LogP contribution < -0.4 is 0 Å². The van der Waals surface area contributed by atoms with Crippen LogP contribution in [0.5, 0.6) is 0 Å². The van der Waals surface area contributed by atoms with Crippen LogP contribution in [0.25, 0.3) is 0 Å². The average Bonchev–Trinajstić information content (AvgIpc) is 2.47. The van der Waals surface area contributed by atoms with E-state index in [1.54, 1.807) is 0 Å². The van der Waals surface area contributed by atoms with Crippen molar-refractivity contribution in [3.8, 4) is 0 Å². The molecule has 0 radical (unpaired) electrons. The zero-order chi connectivity index (χ0) is 11.3. The highest BCUT2D eigenvalue weighted by molar-refractivity contribution is 4.81. The summed E-state index contributed by atoms with van der Waals surface area (Å²) >= 11 is 0. The third-order valence-corrected chi connectivity index (χ3v) is 2.58. The van der Waals surface area contributed by atoms with E-state index in [9.17, 15) is 0 Å². The fourth-order valence-corrected chi connectivity index (χ4v) is 1.98. The van der Waals surface area contributed by atoms with E-state index in [2.05, 4.69) is 0 Å². The van der Waals surface area contributed by atoms with Crippen molar-refractivity contribution in [2.45, 2.75) is 57.5 Å². The third kappa shape index (κ3) is 4.07. The first kappa shape index (κ1) is 12.9. The van der Waals surface area contributed by atoms with E-state index in [1.807, 2.05) is 13.8 Å². The van der Waals surface area contributed by atoms with Gasteiger partial charge in [0.05, 0.1) is 12.2 Å². The summed E-state index contributed by atoms with van der Waals surface area (Å²) in [6, 6.07) is 0. The molecule has 15 heavy (non-hydrogen) atoms. The van der Waals surface area contributed by atoms with Gasteiger partial charge in [-0.2, -0.15) is 0 Å². The van der Waals surface area contributed by atoms with E-state index >= 15 is 0 Å². The van der Waals surface area contributed by atoms with Crippen LogP contribution in [-0.2, 0) is 9.47 Å². The maximum absolute atomic E-state index is 8.78. The number of hydrogen-bond acceptors (Lipinski definition) is 4. The van der Waals surface area contributed by atoms with Gasteiger partial charge in [0.25, 0.3) is 0 Å². The fraction of sp³-hybridized carbons (Fsp3) is 1.00. The molecule has 0 amide bonds. The van der Waals surface area contributed by atoms with Crippen molar-refractivity contribution in [3.05, 3.63) is 0 Å². The summed E-state index contributed by atoms with van der Waals surface area (Å²) in [5.74, 6) is -0.528. The van der Waals surface area contributed by atoms with Crippen molar-refractivity contribution in [2.75, 3.05) is 13.2 Å². The molecule has 0 aliphatic carbocycles. The molecule has 2 N–H and O–H groups in total. The predicted octanol–water partition coefficient (Wildman–Crippen LogP) is 1.05. The van der Waals surface area contributed by atoms with Crippen molar-refractivity contribution in [2.24, 2.45) is 0 Å². The Morgan fingerprint density at radius 3 is 1.67 bits per heavy atom. The lowest BCUT2D eigenvalue weighted by molar-refractivity contribution is -0.147. The lowest BCUT2D eigenvalue weighted by Gasteiger charge is -2.16. The fourth-order valence-electron chi connectivity index (χ4n) is 1.98. The van der Waals surface area contributed by atoms with E-state index < -0.39 is 5.79 Å². The summed E-state index contributed by atoms with van der Waals surface area (Å²) in [6.45, 7) is 4.18. The van der Waals surface area contributed by atoms with Crippen molar-refractivity contribution in [3.63, 3.8) is 0 Å². The normalized spacial score (nSPS) is 29.6. The molecule has 1 rings (SSSR count). The van der Waals surface area contributed by atoms with Crippen LogP contribution in [0.4, 0.5) is 0 Å². The van der Waals surface area contributed by atoms with Crippen LogP contribution in [0.15, 0.2) is 0 Å². The Labute approximate surface area is 91.2 Å². The standard InChI is InChI=1S/C11H22O4/c1-11(2)14-9(5-3-7-12)10(15-11)6-4-8-13/h9-10,12-13H,3-8H2,1-2H3/t9-,10-/m1/s1. The molecule has 1 aliphatic heterocycles. The highest BCUT2D eigenvalue weighted by atomic mass is 16.7. The van der Waals surface area contributed by atoms with Crippen LogP contribution in [-0.4, -0.2) is 41.4 Å². The maximum atomic E-state index is 8.78. The van der Waals surface area contributed by atoms with E-state index in [1.165, 1.54) is 0 Å². The summed E-state index contributed by atoms with van der Waals surface area (Å²) in [4.78, 5) is 0. The minimum absolute atomic E-state index is 0.0544. The first-order valence-electron chi connectivity index (χ1n) is 5.66. The average molecular weight is 218 g/mol. The minimum Gasteiger partial charge on any atom is -0.396 e. The summed E-state index contributed by atoms with van der Waals surface area (Å²) in [5, 5.41) is 17.6. The third-order valence-electron chi connectivity index (χ3n) is 2.58. The molecule has 0 saturated carbocycles. The molecule has 4 nitrogen and oxygen atoms in total. The number of aliphatic hydroxyl groups is 2. The molecule has 2 atom stereocenters. The lowest BCUT2D eigenvalue weighted by Crippen LogP contribution is -2.23. The Balaban J connectivity index is 2.42. The van der Waals surface area contributed by atoms with Gasteiger partial charge in [-0.3, -0.25) is 0 Å². The minimum atomic E-state index is -0.528. The first-order valence-corrected chi connectivity index (χ1v) is 5.66. The zero-order valence-electron chi connectivity index (χ0n) is 9.61. The molecule has 0 unspecified atom stereocenters. The van der Waals surface area contributed by atoms with Gasteiger partial charge in [-0.25, -0.2) is 0 Å². The summed E-state index contributed by atoms with van der Waals surface area (Å²) in [7, 11) is 0. The molecule has 1 fully saturated rings. The topological polar surface area (TPSA) is 58.9 Å². The zero-order valence-corrected chi connectivity index (χ0v) is 9.61. The second-order valence-electron chi connectivity index (χ2n) is 4.44. The molecule has 0 bridgehead atoms. The summed E-state index contributed by atoms with van der Waals surface area (Å²) in [6.07, 6.45) is 3.21. The van der Waals surface area contributed by atoms with E-state index in [-0.39, 0.29) is 25.4 Å². The van der Waals surface area contributed by atoms with Crippen LogP contribution in [0.2, 0.25) is 0 Å². The molecule has 0 aromatic rings. The highest BCUT2D eigenvalue weighted by Crippen LogP contribution is 2.32. The van der Waals surface area contributed by atoms with Crippen molar-refractivity contribution in [1.82, 2.24) is 0 Å². The maximum Gasteiger partial charge on any atom is 0.163 e. The van der Waals surface area contributed by atoms with Crippen LogP contribution in [0.3, 0.4) is 0 Å². The van der Waals surface area contributed by atoms with Gasteiger partial charge in [0.1, 0.15) is 0 Å². The van der Waals surface area contributed by atoms with E-state index in [0.29, 0.717) is 0 Å². The van der Waals surface area contributed by atoms with E-state index in [0.717, 1.165) is 25.7 Å². The number of ether oxygens (including phenoxy) is 2. The van der Waals surface area contributed by atoms with Crippen LogP contribution >= 0.6 is 0 Å². The monoisotopic (exact) mass is 218 g/mol. The Bertz CT molecular complexity index is 163. The molecule has 1 aliphatic rings. The SMILES string of the molecule is CC1(C)O[C@H](CCCO)[C@@H](CCCO)O1. The van der Waals surface area contributed by atoms with Gasteiger partial charge >= 0.3 is 0 Å². The molecule has 0 aromatic heterocycles. The molecule has 90 valence electrons. The molecule has 4 heteroatoms. The molecule has 1 saturated heterocycles. The van der Waals surface area contributed by atoms with Gasteiger partial charge in [0.15, 0.2) is 5.79 Å². The van der Waals surface area contributed by atoms with Gasteiger partial charge in [-0.05, 0) is 39.5 Å². The quantitative estimate of drug-likeness (QED) is 0.699. The van der Waals surface area contributed by atoms with Crippen molar-refractivity contribution >= 4 is 0 Å². The van der Waals surface area contributed by atoms with Gasteiger partial charge in [-0.15, -0.1) is 0 Å². The van der Waals surface area contributed by atoms with Crippen molar-refractivity contribution < 1.29 is 19.7 Å². The summed E-state index contributed by atoms with van der Waals surface area (Å²) < 4.78 is 11.5. The Morgan fingerprint density at radius 2 is 1.33 bits per heavy atom.